The Kier molecular flexibility index (Phi) is 5.64. The molecule has 0 saturated heterocycles. The van der Waals surface area contributed by atoms with Crippen LogP contribution in [0.5, 0.6) is 0 Å². The molecule has 1 aromatic heterocycles. The van der Waals surface area contributed by atoms with E-state index in [-0.39, 0.29) is 5.69 Å². The maximum absolute atomic E-state index is 13.8. The molecule has 0 bridgehead atoms. The molecule has 0 fully saturated rings. The number of nitrogens with one attached hydrogen (secondary N) is 2. The van der Waals surface area contributed by atoms with Crippen LogP contribution in [0, 0.1) is 18.6 Å². The summed E-state index contributed by atoms with van der Waals surface area (Å²) in [6.07, 6.45) is 0. The van der Waals surface area contributed by atoms with Gasteiger partial charge in [0.2, 0.25) is 5.95 Å². The van der Waals surface area contributed by atoms with Gasteiger partial charge in [0.1, 0.15) is 22.3 Å². The van der Waals surface area contributed by atoms with Crippen molar-refractivity contribution < 1.29 is 17.2 Å². The van der Waals surface area contributed by atoms with Gasteiger partial charge in [-0.3, -0.25) is 4.72 Å². The SMILES string of the molecule is Cc1cc(N(C)C)nc(Nc2ccc(NS(=O)(=O)c3ccc(F)cc3F)cc2)n1. The van der Waals surface area contributed by atoms with E-state index in [0.29, 0.717) is 17.7 Å². The fraction of sp³-hybridized carbons (Fsp3) is 0.158. The topological polar surface area (TPSA) is 87.2 Å². The number of halogens is 2. The first kappa shape index (κ1) is 20.5. The molecular weight excluding hydrogens is 400 g/mol. The van der Waals surface area contributed by atoms with E-state index >= 15 is 0 Å². The van der Waals surface area contributed by atoms with Gasteiger partial charge in [0.15, 0.2) is 0 Å². The molecule has 152 valence electrons. The Morgan fingerprint density at radius 3 is 2.21 bits per heavy atom. The van der Waals surface area contributed by atoms with E-state index in [4.69, 9.17) is 0 Å². The highest BCUT2D eigenvalue weighted by Gasteiger charge is 2.19. The lowest BCUT2D eigenvalue weighted by Gasteiger charge is -2.14. The lowest BCUT2D eigenvalue weighted by Crippen LogP contribution is -2.14. The summed E-state index contributed by atoms with van der Waals surface area (Å²) in [4.78, 5) is 9.92. The van der Waals surface area contributed by atoms with E-state index < -0.39 is 26.6 Å². The highest BCUT2D eigenvalue weighted by atomic mass is 32.2. The van der Waals surface area contributed by atoms with Crippen LogP contribution in [0.2, 0.25) is 0 Å². The molecular formula is C19H19F2N5O2S. The molecule has 3 aromatic rings. The summed E-state index contributed by atoms with van der Waals surface area (Å²) in [5.41, 5.74) is 1.64. The summed E-state index contributed by atoms with van der Waals surface area (Å²) in [6, 6.07) is 10.4. The maximum Gasteiger partial charge on any atom is 0.264 e. The molecule has 0 unspecified atom stereocenters. The maximum atomic E-state index is 13.8. The van der Waals surface area contributed by atoms with Crippen LogP contribution in [-0.2, 0) is 10.0 Å². The first-order valence-electron chi connectivity index (χ1n) is 8.52. The van der Waals surface area contributed by atoms with Gasteiger partial charge in [0, 0.05) is 43.3 Å². The zero-order chi connectivity index (χ0) is 21.2. The molecule has 0 aliphatic heterocycles. The number of nitrogens with zero attached hydrogens (tertiary/aromatic N) is 3. The van der Waals surface area contributed by atoms with Gasteiger partial charge in [-0.1, -0.05) is 0 Å². The van der Waals surface area contributed by atoms with Crippen molar-refractivity contribution in [1.29, 1.82) is 0 Å². The molecule has 0 aliphatic rings. The van der Waals surface area contributed by atoms with Crippen LogP contribution in [0.15, 0.2) is 53.4 Å². The smallest absolute Gasteiger partial charge is 0.264 e. The summed E-state index contributed by atoms with van der Waals surface area (Å²) in [6.45, 7) is 1.85. The second-order valence-corrected chi connectivity index (χ2v) is 8.12. The number of aromatic nitrogens is 2. The molecule has 2 N–H and O–H groups in total. The quantitative estimate of drug-likeness (QED) is 0.634. The van der Waals surface area contributed by atoms with E-state index in [0.717, 1.165) is 23.6 Å². The Labute approximate surface area is 167 Å². The number of hydrogen-bond donors (Lipinski definition) is 2. The standard InChI is InChI=1S/C19H19F2N5O2S/c1-12-10-18(26(2)3)24-19(22-12)23-14-5-7-15(8-6-14)25-29(27,28)17-9-4-13(20)11-16(17)21/h4-11,25H,1-3H3,(H,22,23,24). The molecule has 1 heterocycles. The van der Waals surface area contributed by atoms with E-state index in [1.807, 2.05) is 32.0 Å². The Bertz CT molecular complexity index is 1140. The van der Waals surface area contributed by atoms with Gasteiger partial charge >= 0.3 is 0 Å². The zero-order valence-electron chi connectivity index (χ0n) is 15.9. The second kappa shape index (κ2) is 8.00. The van der Waals surface area contributed by atoms with Crippen molar-refractivity contribution in [2.75, 3.05) is 29.0 Å². The van der Waals surface area contributed by atoms with Gasteiger partial charge in [-0.05, 0) is 43.3 Å². The van der Waals surface area contributed by atoms with Crippen LogP contribution in [0.25, 0.3) is 0 Å². The summed E-state index contributed by atoms with van der Waals surface area (Å²) in [7, 11) is -0.453. The van der Waals surface area contributed by atoms with Gasteiger partial charge in [-0.25, -0.2) is 22.2 Å². The van der Waals surface area contributed by atoms with E-state index in [1.54, 1.807) is 12.1 Å². The molecule has 0 spiro atoms. The van der Waals surface area contributed by atoms with Crippen LogP contribution < -0.4 is 14.9 Å². The van der Waals surface area contributed by atoms with Gasteiger partial charge in [-0.2, -0.15) is 4.98 Å². The van der Waals surface area contributed by atoms with Crippen molar-refractivity contribution >= 4 is 33.2 Å². The number of anilines is 4. The molecule has 0 radical (unpaired) electrons. The molecule has 29 heavy (non-hydrogen) atoms. The van der Waals surface area contributed by atoms with Gasteiger partial charge < -0.3 is 10.2 Å². The number of sulfonamides is 1. The second-order valence-electron chi connectivity index (χ2n) is 6.47. The molecule has 0 aliphatic carbocycles. The third-order valence-electron chi connectivity index (χ3n) is 3.88. The highest BCUT2D eigenvalue weighted by molar-refractivity contribution is 7.92. The summed E-state index contributed by atoms with van der Waals surface area (Å²) >= 11 is 0. The zero-order valence-corrected chi connectivity index (χ0v) is 16.8. The lowest BCUT2D eigenvalue weighted by atomic mass is 10.3. The monoisotopic (exact) mass is 419 g/mol. The Morgan fingerprint density at radius 1 is 0.931 bits per heavy atom. The number of hydrogen-bond acceptors (Lipinski definition) is 6. The van der Waals surface area contributed by atoms with Crippen LogP contribution in [0.4, 0.5) is 31.9 Å². The predicted octanol–water partition coefficient (Wildman–Crippen LogP) is 3.67. The van der Waals surface area contributed by atoms with Crippen molar-refractivity contribution in [2.45, 2.75) is 11.8 Å². The lowest BCUT2D eigenvalue weighted by molar-refractivity contribution is 0.551. The normalized spacial score (nSPS) is 11.2. The third-order valence-corrected chi connectivity index (χ3v) is 5.29. The molecule has 3 rings (SSSR count). The molecule has 7 nitrogen and oxygen atoms in total. The molecule has 0 atom stereocenters. The highest BCUT2D eigenvalue weighted by Crippen LogP contribution is 2.22. The summed E-state index contributed by atoms with van der Waals surface area (Å²) in [5.74, 6) is -0.877. The first-order valence-corrected chi connectivity index (χ1v) is 10.0. The van der Waals surface area contributed by atoms with Crippen LogP contribution in [0.3, 0.4) is 0 Å². The predicted molar refractivity (Wildman–Crippen MR) is 108 cm³/mol. The Hall–Kier alpha value is -3.27. The number of benzene rings is 2. The first-order chi connectivity index (χ1) is 13.6. The van der Waals surface area contributed by atoms with Crippen molar-refractivity contribution in [1.82, 2.24) is 9.97 Å². The van der Waals surface area contributed by atoms with E-state index in [1.165, 1.54) is 12.1 Å². The minimum absolute atomic E-state index is 0.221. The van der Waals surface area contributed by atoms with Gasteiger partial charge in [-0.15, -0.1) is 0 Å². The summed E-state index contributed by atoms with van der Waals surface area (Å²) in [5, 5.41) is 3.05. The van der Waals surface area contributed by atoms with Crippen molar-refractivity contribution in [3.63, 3.8) is 0 Å². The van der Waals surface area contributed by atoms with Crippen molar-refractivity contribution in [2.24, 2.45) is 0 Å². The molecule has 0 saturated carbocycles. The fourth-order valence-electron chi connectivity index (χ4n) is 2.49. The van der Waals surface area contributed by atoms with E-state index in [9.17, 15) is 17.2 Å². The molecule has 2 aromatic carbocycles. The number of aryl methyl sites for hydroxylation is 1. The molecule has 0 amide bonds. The van der Waals surface area contributed by atoms with Gasteiger partial charge in [0.05, 0.1) is 0 Å². The Morgan fingerprint density at radius 2 is 1.59 bits per heavy atom. The average molecular weight is 419 g/mol. The number of rotatable bonds is 6. The minimum Gasteiger partial charge on any atom is -0.363 e. The Balaban J connectivity index is 1.77. The third kappa shape index (κ3) is 4.96. The fourth-order valence-corrected chi connectivity index (χ4v) is 3.61. The van der Waals surface area contributed by atoms with Crippen LogP contribution >= 0.6 is 0 Å². The van der Waals surface area contributed by atoms with Crippen molar-refractivity contribution in [3.8, 4) is 0 Å². The summed E-state index contributed by atoms with van der Waals surface area (Å²) < 4.78 is 53.7. The van der Waals surface area contributed by atoms with E-state index in [2.05, 4.69) is 20.0 Å². The van der Waals surface area contributed by atoms with Crippen LogP contribution in [0.1, 0.15) is 5.69 Å². The molecule has 10 heteroatoms. The largest absolute Gasteiger partial charge is 0.363 e. The average Bonchev–Trinajstić information content (AvgIpc) is 2.62. The van der Waals surface area contributed by atoms with Gasteiger partial charge in [0.25, 0.3) is 10.0 Å². The van der Waals surface area contributed by atoms with Crippen molar-refractivity contribution in [3.05, 3.63) is 65.9 Å². The minimum atomic E-state index is -4.20. The van der Waals surface area contributed by atoms with Crippen LogP contribution in [-0.4, -0.2) is 32.5 Å².